The Balaban J connectivity index is 1.65. The van der Waals surface area contributed by atoms with Crippen LogP contribution in [0.5, 0.6) is 34.5 Å². The van der Waals surface area contributed by atoms with Gasteiger partial charge in [0.25, 0.3) is 0 Å². The number of ether oxygens (including phenoxy) is 7. The van der Waals surface area contributed by atoms with E-state index in [1.807, 2.05) is 0 Å². The molecule has 0 amide bonds. The van der Waals surface area contributed by atoms with Gasteiger partial charge in [-0.15, -0.1) is 0 Å². The normalized spacial score (nSPS) is 29.6. The number of phenolic OH excluding ortho intramolecular Hbond substituents is 3. The maximum Gasteiger partial charge on any atom is 0.303 e. The number of aliphatic hydroxyl groups excluding tert-OH is 4. The van der Waals surface area contributed by atoms with Crippen LogP contribution < -0.4 is 19.6 Å². The molecule has 7 N–H and O–H groups in total. The van der Waals surface area contributed by atoms with Gasteiger partial charge in [-0.2, -0.15) is 0 Å². The fourth-order valence-corrected chi connectivity index (χ4v) is 5.61. The van der Waals surface area contributed by atoms with Gasteiger partial charge < -0.3 is 73.3 Å². The molecule has 0 spiro atoms. The van der Waals surface area contributed by atoms with Gasteiger partial charge >= 0.3 is 11.9 Å². The number of fused-ring (bicyclic) bond motifs is 1. The first-order valence-corrected chi connectivity index (χ1v) is 15.2. The minimum Gasteiger partial charge on any atom is -0.504 e. The standard InChI is InChI=1S/C32H36O18/c1-10-20(37)28(46-12(3)33)24(41)31(44-10)49-18-9-17-19(22(39)27(18)43-5)23(40)30(26(48-17)14-6-7-15(35)16(36)8-14)50-32-25(42)29(47-13(4)34)21(38)11(2)45-32/h6-11,20-21,24-25,28-29,31-32,35-39,41-42H,1-5H3/t10-,11-,20-,21-,24-,25-,28-,29-,31+,32-/m0/s1. The summed E-state index contributed by atoms with van der Waals surface area (Å²) in [6.07, 6.45) is -15.0. The van der Waals surface area contributed by atoms with Crippen molar-refractivity contribution < 1.29 is 82.9 Å². The van der Waals surface area contributed by atoms with Crippen molar-refractivity contribution in [3.05, 3.63) is 34.5 Å². The maximum atomic E-state index is 14.2. The van der Waals surface area contributed by atoms with Gasteiger partial charge in [0, 0.05) is 25.5 Å². The predicted octanol–water partition coefficient (Wildman–Crippen LogP) is 0.140. The SMILES string of the molecule is COc1c(O[C@H]2O[C@@H](C)[C@H](O)[C@H](OC(C)=O)[C@@H]2O)cc2oc(-c3ccc(O)c(O)c3)c(O[C@@H]3O[C@@H](C)[C@H](O)[C@H](OC(C)=O)[C@@H]3O)c(=O)c2c1O. The molecule has 3 aromatic rings. The van der Waals surface area contributed by atoms with Gasteiger partial charge in [0.1, 0.15) is 23.2 Å². The smallest absolute Gasteiger partial charge is 0.303 e. The van der Waals surface area contributed by atoms with Gasteiger partial charge in [0.2, 0.25) is 29.5 Å². The lowest BCUT2D eigenvalue weighted by molar-refractivity contribution is -0.272. The number of methoxy groups -OCH3 is 1. The Labute approximate surface area is 282 Å². The zero-order chi connectivity index (χ0) is 36.8. The van der Waals surface area contributed by atoms with E-state index in [1.54, 1.807) is 0 Å². The largest absolute Gasteiger partial charge is 0.504 e. The molecule has 2 aliphatic heterocycles. The van der Waals surface area contributed by atoms with Crippen molar-refractivity contribution in [2.75, 3.05) is 7.11 Å². The van der Waals surface area contributed by atoms with Crippen LogP contribution in [0.3, 0.4) is 0 Å². The number of rotatable bonds is 8. The van der Waals surface area contributed by atoms with E-state index in [2.05, 4.69) is 0 Å². The number of benzene rings is 2. The van der Waals surface area contributed by atoms with Gasteiger partial charge in [-0.05, 0) is 32.0 Å². The van der Waals surface area contributed by atoms with Crippen molar-refractivity contribution >= 4 is 22.9 Å². The lowest BCUT2D eigenvalue weighted by atomic mass is 9.99. The number of phenols is 3. The third-order valence-corrected chi connectivity index (χ3v) is 8.12. The van der Waals surface area contributed by atoms with E-state index in [1.165, 1.54) is 19.9 Å². The Morgan fingerprint density at radius 2 is 1.28 bits per heavy atom. The fourth-order valence-electron chi connectivity index (χ4n) is 5.61. The summed E-state index contributed by atoms with van der Waals surface area (Å²) in [5.74, 6) is -5.54. The molecule has 272 valence electrons. The van der Waals surface area contributed by atoms with Crippen molar-refractivity contribution in [1.29, 1.82) is 0 Å². The average Bonchev–Trinajstić information content (AvgIpc) is 3.04. The lowest BCUT2D eigenvalue weighted by Gasteiger charge is -2.40. The number of aliphatic hydroxyl groups is 4. The molecule has 2 saturated heterocycles. The molecule has 0 saturated carbocycles. The van der Waals surface area contributed by atoms with Gasteiger partial charge in [-0.3, -0.25) is 14.4 Å². The molecule has 10 atom stereocenters. The number of hydrogen-bond donors (Lipinski definition) is 7. The third kappa shape index (κ3) is 6.80. The summed E-state index contributed by atoms with van der Waals surface area (Å²) >= 11 is 0. The van der Waals surface area contributed by atoms with Crippen molar-refractivity contribution in [3.63, 3.8) is 0 Å². The van der Waals surface area contributed by atoms with Gasteiger partial charge in [-0.1, -0.05) is 0 Å². The summed E-state index contributed by atoms with van der Waals surface area (Å²) in [4.78, 5) is 37.5. The molecule has 0 radical (unpaired) electrons. The predicted molar refractivity (Wildman–Crippen MR) is 165 cm³/mol. The molecule has 0 bridgehead atoms. The summed E-state index contributed by atoms with van der Waals surface area (Å²) < 4.78 is 44.3. The van der Waals surface area contributed by atoms with Crippen LogP contribution in [-0.2, 0) is 28.5 Å². The highest BCUT2D eigenvalue weighted by Gasteiger charge is 2.48. The van der Waals surface area contributed by atoms with Gasteiger partial charge in [-0.25, -0.2) is 0 Å². The molecule has 2 aliphatic rings. The van der Waals surface area contributed by atoms with Gasteiger partial charge in [0.15, 0.2) is 53.2 Å². The van der Waals surface area contributed by atoms with E-state index in [9.17, 15) is 50.1 Å². The minimum absolute atomic E-state index is 0.0555. The number of carbonyl (C=O) groups is 2. The Kier molecular flexibility index (Phi) is 10.3. The summed E-state index contributed by atoms with van der Waals surface area (Å²) in [6, 6.07) is 4.44. The van der Waals surface area contributed by atoms with Crippen molar-refractivity contribution in [2.45, 2.75) is 89.1 Å². The second-order valence-corrected chi connectivity index (χ2v) is 11.7. The molecule has 18 heteroatoms. The second-order valence-electron chi connectivity index (χ2n) is 11.7. The van der Waals surface area contributed by atoms with Crippen LogP contribution in [0.15, 0.2) is 33.5 Å². The third-order valence-electron chi connectivity index (χ3n) is 8.12. The van der Waals surface area contributed by atoms with Crippen LogP contribution in [0.2, 0.25) is 0 Å². The summed E-state index contributed by atoms with van der Waals surface area (Å²) in [6.45, 7) is 4.96. The molecular weight excluding hydrogens is 672 g/mol. The first-order chi connectivity index (χ1) is 23.5. The molecule has 2 fully saturated rings. The lowest BCUT2D eigenvalue weighted by Crippen LogP contribution is -2.59. The molecule has 3 heterocycles. The fraction of sp³-hybridized carbons (Fsp3) is 0.469. The second kappa shape index (κ2) is 14.2. The van der Waals surface area contributed by atoms with E-state index in [-0.39, 0.29) is 16.9 Å². The Hall–Kier alpha value is -4.85. The van der Waals surface area contributed by atoms with Gasteiger partial charge in [0.05, 0.1) is 19.3 Å². The summed E-state index contributed by atoms with van der Waals surface area (Å²) in [5, 5.41) is 73.7. The number of esters is 2. The van der Waals surface area contributed by atoms with E-state index in [0.29, 0.717) is 0 Å². The summed E-state index contributed by atoms with van der Waals surface area (Å²) in [5.41, 5.74) is -1.50. The highest BCUT2D eigenvalue weighted by atomic mass is 16.7. The van der Waals surface area contributed by atoms with E-state index >= 15 is 0 Å². The molecule has 18 nitrogen and oxygen atoms in total. The molecule has 50 heavy (non-hydrogen) atoms. The van der Waals surface area contributed by atoms with Crippen LogP contribution in [0, 0.1) is 0 Å². The van der Waals surface area contributed by atoms with E-state index in [0.717, 1.165) is 39.2 Å². The first-order valence-electron chi connectivity index (χ1n) is 15.2. The average molecular weight is 709 g/mol. The van der Waals surface area contributed by atoms with Crippen LogP contribution in [0.1, 0.15) is 27.7 Å². The van der Waals surface area contributed by atoms with E-state index in [4.69, 9.17) is 37.6 Å². The number of aromatic hydroxyl groups is 3. The number of hydrogen-bond acceptors (Lipinski definition) is 18. The number of carbonyl (C=O) groups excluding carboxylic acids is 2. The molecule has 2 aromatic carbocycles. The minimum atomic E-state index is -1.85. The zero-order valence-corrected chi connectivity index (χ0v) is 27.2. The molecule has 0 unspecified atom stereocenters. The first kappa shape index (κ1) is 36.4. The zero-order valence-electron chi connectivity index (χ0n) is 27.2. The maximum absolute atomic E-state index is 14.2. The van der Waals surface area contributed by atoms with Crippen LogP contribution in [0.25, 0.3) is 22.3 Å². The van der Waals surface area contributed by atoms with Crippen LogP contribution in [0.4, 0.5) is 0 Å². The molecule has 5 rings (SSSR count). The van der Waals surface area contributed by atoms with Crippen molar-refractivity contribution in [3.8, 4) is 45.8 Å². The Bertz CT molecular complexity index is 1820. The quantitative estimate of drug-likeness (QED) is 0.121. The Morgan fingerprint density at radius 1 is 0.740 bits per heavy atom. The summed E-state index contributed by atoms with van der Waals surface area (Å²) in [7, 11) is 1.13. The molecule has 1 aromatic heterocycles. The molecule has 0 aliphatic carbocycles. The Morgan fingerprint density at radius 3 is 1.78 bits per heavy atom. The van der Waals surface area contributed by atoms with E-state index < -0.39 is 119 Å². The van der Waals surface area contributed by atoms with Crippen LogP contribution >= 0.6 is 0 Å². The van der Waals surface area contributed by atoms with Crippen LogP contribution in [-0.4, -0.2) is 116 Å². The molecular formula is C32H36O18. The van der Waals surface area contributed by atoms with Crippen molar-refractivity contribution in [1.82, 2.24) is 0 Å². The monoisotopic (exact) mass is 708 g/mol. The topological polar surface area (TPSA) is 271 Å². The highest BCUT2D eigenvalue weighted by molar-refractivity contribution is 5.91. The van der Waals surface area contributed by atoms with Crippen molar-refractivity contribution in [2.24, 2.45) is 0 Å². The highest BCUT2D eigenvalue weighted by Crippen LogP contribution is 2.46.